The van der Waals surface area contributed by atoms with Crippen molar-refractivity contribution in [3.63, 3.8) is 0 Å². The lowest BCUT2D eigenvalue weighted by molar-refractivity contribution is 0.352. The molecule has 1 saturated heterocycles. The molecule has 3 rings (SSSR count). The molecule has 1 heterocycles. The van der Waals surface area contributed by atoms with Gasteiger partial charge in [0.2, 0.25) is 0 Å². The molecule has 0 unspecified atom stereocenters. The standard InChI is InChI=1S/C17H18ClNOS2/c18-15-10-12(16(20)14-7-3-2-6-13(14)15)11-22-17(21)19-8-4-1-5-9-19/h2-3,6-7,10,20H,1,4-5,8-9,11H2. The van der Waals surface area contributed by atoms with E-state index < -0.39 is 0 Å². The van der Waals surface area contributed by atoms with E-state index in [2.05, 4.69) is 4.90 Å². The Bertz CT molecular complexity index is 698. The van der Waals surface area contributed by atoms with Crippen molar-refractivity contribution in [3.8, 4) is 5.75 Å². The van der Waals surface area contributed by atoms with Crippen molar-refractivity contribution in [1.29, 1.82) is 0 Å². The Hall–Kier alpha value is -0.970. The van der Waals surface area contributed by atoms with E-state index in [1.807, 2.05) is 30.3 Å². The molecule has 1 fully saturated rings. The number of piperidine rings is 1. The van der Waals surface area contributed by atoms with Crippen LogP contribution in [0, 0.1) is 0 Å². The minimum absolute atomic E-state index is 0.314. The number of phenols is 1. The molecular formula is C17H18ClNOS2. The summed E-state index contributed by atoms with van der Waals surface area (Å²) >= 11 is 13.5. The molecule has 2 aromatic rings. The third kappa shape index (κ3) is 3.34. The predicted molar refractivity (Wildman–Crippen MR) is 99.9 cm³/mol. The molecule has 1 N–H and O–H groups in total. The van der Waals surface area contributed by atoms with E-state index >= 15 is 0 Å². The van der Waals surface area contributed by atoms with Gasteiger partial charge in [-0.15, -0.1) is 0 Å². The molecule has 1 aliphatic rings. The smallest absolute Gasteiger partial charge is 0.136 e. The van der Waals surface area contributed by atoms with E-state index in [4.69, 9.17) is 23.8 Å². The Labute approximate surface area is 145 Å². The van der Waals surface area contributed by atoms with Crippen LogP contribution in [0.2, 0.25) is 5.02 Å². The van der Waals surface area contributed by atoms with Crippen molar-refractivity contribution in [2.45, 2.75) is 25.0 Å². The zero-order chi connectivity index (χ0) is 15.5. The summed E-state index contributed by atoms with van der Waals surface area (Å²) in [6.07, 6.45) is 3.73. The summed E-state index contributed by atoms with van der Waals surface area (Å²) in [4.78, 5) is 2.27. The zero-order valence-corrected chi connectivity index (χ0v) is 14.6. The summed E-state index contributed by atoms with van der Waals surface area (Å²) in [5.41, 5.74) is 0.841. The van der Waals surface area contributed by atoms with Crippen LogP contribution in [0.4, 0.5) is 0 Å². The second-order valence-electron chi connectivity index (χ2n) is 5.51. The number of halogens is 1. The number of phenolic OH excluding ortho intramolecular Hbond substituents is 1. The third-order valence-electron chi connectivity index (χ3n) is 4.01. The second kappa shape index (κ2) is 7.07. The molecular weight excluding hydrogens is 334 g/mol. The van der Waals surface area contributed by atoms with Crippen LogP contribution in [-0.4, -0.2) is 27.4 Å². The van der Waals surface area contributed by atoms with Gasteiger partial charge in [0.1, 0.15) is 10.1 Å². The minimum Gasteiger partial charge on any atom is -0.507 e. The lowest BCUT2D eigenvalue weighted by Crippen LogP contribution is -2.32. The van der Waals surface area contributed by atoms with Crippen molar-refractivity contribution < 1.29 is 5.11 Å². The Kier molecular flexibility index (Phi) is 5.11. The Balaban J connectivity index is 1.76. The summed E-state index contributed by atoms with van der Waals surface area (Å²) in [6.45, 7) is 2.10. The van der Waals surface area contributed by atoms with Crippen molar-refractivity contribution in [1.82, 2.24) is 4.90 Å². The molecule has 0 amide bonds. The number of thioether (sulfide) groups is 1. The molecule has 22 heavy (non-hydrogen) atoms. The maximum absolute atomic E-state index is 10.5. The molecule has 2 nitrogen and oxygen atoms in total. The van der Waals surface area contributed by atoms with Gasteiger partial charge in [0.05, 0.1) is 0 Å². The molecule has 0 spiro atoms. The van der Waals surface area contributed by atoms with Gasteiger partial charge in [0.25, 0.3) is 0 Å². The van der Waals surface area contributed by atoms with Crippen LogP contribution < -0.4 is 0 Å². The summed E-state index contributed by atoms with van der Waals surface area (Å²) in [7, 11) is 0. The molecule has 2 aromatic carbocycles. The maximum atomic E-state index is 10.5. The van der Waals surface area contributed by atoms with E-state index in [0.29, 0.717) is 16.5 Å². The topological polar surface area (TPSA) is 23.5 Å². The Morgan fingerprint density at radius 2 is 1.86 bits per heavy atom. The largest absolute Gasteiger partial charge is 0.507 e. The van der Waals surface area contributed by atoms with Gasteiger partial charge in [-0.3, -0.25) is 0 Å². The third-order valence-corrected chi connectivity index (χ3v) is 5.89. The molecule has 0 radical (unpaired) electrons. The maximum Gasteiger partial charge on any atom is 0.136 e. The fourth-order valence-corrected chi connectivity index (χ4v) is 4.31. The summed E-state index contributed by atoms with van der Waals surface area (Å²) in [6, 6.07) is 9.51. The van der Waals surface area contributed by atoms with Gasteiger partial charge in [-0.25, -0.2) is 0 Å². The number of aromatic hydroxyl groups is 1. The van der Waals surface area contributed by atoms with E-state index in [9.17, 15) is 5.11 Å². The first-order valence-corrected chi connectivity index (χ1v) is 9.25. The number of likely N-dealkylation sites (tertiary alicyclic amines) is 1. The fourth-order valence-electron chi connectivity index (χ4n) is 2.79. The van der Waals surface area contributed by atoms with E-state index in [1.165, 1.54) is 19.3 Å². The van der Waals surface area contributed by atoms with Gasteiger partial charge in [-0.05, 0) is 25.3 Å². The minimum atomic E-state index is 0.314. The summed E-state index contributed by atoms with van der Waals surface area (Å²) < 4.78 is 0.920. The average molecular weight is 352 g/mol. The van der Waals surface area contributed by atoms with Gasteiger partial charge >= 0.3 is 0 Å². The number of fused-ring (bicyclic) bond motifs is 1. The van der Waals surface area contributed by atoms with Crippen molar-refractivity contribution in [2.75, 3.05) is 13.1 Å². The highest BCUT2D eigenvalue weighted by molar-refractivity contribution is 8.22. The normalized spacial score (nSPS) is 15.2. The van der Waals surface area contributed by atoms with Crippen LogP contribution in [0.5, 0.6) is 5.75 Å². The molecule has 0 saturated carbocycles. The molecule has 0 atom stereocenters. The van der Waals surface area contributed by atoms with Crippen LogP contribution >= 0.6 is 35.6 Å². The SMILES string of the molecule is Oc1c(CSC(=S)N2CCCCC2)cc(Cl)c2ccccc12. The highest BCUT2D eigenvalue weighted by Crippen LogP contribution is 2.36. The highest BCUT2D eigenvalue weighted by atomic mass is 35.5. The number of rotatable bonds is 2. The van der Waals surface area contributed by atoms with Crippen LogP contribution in [-0.2, 0) is 5.75 Å². The second-order valence-corrected chi connectivity index (χ2v) is 7.53. The first kappa shape index (κ1) is 15.9. The lowest BCUT2D eigenvalue weighted by atomic mass is 10.1. The summed E-state index contributed by atoms with van der Waals surface area (Å²) in [5.74, 6) is 0.958. The summed E-state index contributed by atoms with van der Waals surface area (Å²) in [5, 5.41) is 12.8. The van der Waals surface area contributed by atoms with Gasteiger partial charge in [-0.1, -0.05) is 59.8 Å². The number of hydrogen-bond acceptors (Lipinski definition) is 3. The Morgan fingerprint density at radius 1 is 1.18 bits per heavy atom. The van der Waals surface area contributed by atoms with Crippen LogP contribution in [0.1, 0.15) is 24.8 Å². The molecule has 0 aliphatic carbocycles. The quantitative estimate of drug-likeness (QED) is 0.751. The van der Waals surface area contributed by atoms with Gasteiger partial charge < -0.3 is 10.0 Å². The van der Waals surface area contributed by atoms with Crippen LogP contribution in [0.25, 0.3) is 10.8 Å². The number of benzene rings is 2. The molecule has 116 valence electrons. The molecule has 0 bridgehead atoms. The monoisotopic (exact) mass is 351 g/mol. The zero-order valence-electron chi connectivity index (χ0n) is 12.2. The van der Waals surface area contributed by atoms with Gasteiger partial charge in [0, 0.05) is 40.2 Å². The van der Waals surface area contributed by atoms with Gasteiger partial charge in [0.15, 0.2) is 0 Å². The Morgan fingerprint density at radius 3 is 2.59 bits per heavy atom. The van der Waals surface area contributed by atoms with E-state index in [-0.39, 0.29) is 0 Å². The predicted octanol–water partition coefficient (Wildman–Crippen LogP) is 5.20. The van der Waals surface area contributed by atoms with E-state index in [1.54, 1.807) is 11.8 Å². The van der Waals surface area contributed by atoms with Crippen molar-refractivity contribution in [3.05, 3.63) is 40.9 Å². The average Bonchev–Trinajstić information content (AvgIpc) is 2.57. The number of nitrogens with zero attached hydrogens (tertiary/aromatic N) is 1. The molecule has 5 heteroatoms. The molecule has 0 aromatic heterocycles. The van der Waals surface area contributed by atoms with E-state index in [0.717, 1.165) is 33.7 Å². The lowest BCUT2D eigenvalue weighted by Gasteiger charge is -2.28. The first-order chi connectivity index (χ1) is 10.7. The van der Waals surface area contributed by atoms with Gasteiger partial charge in [-0.2, -0.15) is 0 Å². The van der Waals surface area contributed by atoms with Crippen LogP contribution in [0.3, 0.4) is 0 Å². The first-order valence-electron chi connectivity index (χ1n) is 7.47. The fraction of sp³-hybridized carbons (Fsp3) is 0.353. The van der Waals surface area contributed by atoms with Crippen molar-refractivity contribution in [2.24, 2.45) is 0 Å². The highest BCUT2D eigenvalue weighted by Gasteiger charge is 2.15. The van der Waals surface area contributed by atoms with Crippen molar-refractivity contribution >= 4 is 50.7 Å². The number of thiocarbonyl (C=S) groups is 1. The van der Waals surface area contributed by atoms with Crippen LogP contribution in [0.15, 0.2) is 30.3 Å². The molecule has 1 aliphatic heterocycles. The number of hydrogen-bond donors (Lipinski definition) is 1.